The molecule has 3 heteroatoms. The molecule has 0 saturated carbocycles. The van der Waals surface area contributed by atoms with Crippen molar-refractivity contribution in [1.82, 2.24) is 0 Å². The molecule has 0 aromatic heterocycles. The normalized spacial score (nSPS) is 9.83. The van der Waals surface area contributed by atoms with Crippen molar-refractivity contribution < 1.29 is 0 Å². The van der Waals surface area contributed by atoms with Crippen LogP contribution < -0.4 is 5.32 Å². The predicted molar refractivity (Wildman–Crippen MR) is 58.3 cm³/mol. The van der Waals surface area contributed by atoms with Gasteiger partial charge in [-0.25, -0.2) is 0 Å². The highest BCUT2D eigenvalue weighted by Crippen LogP contribution is 2.12. The molecule has 0 radical (unpaired) electrons. The molecule has 1 aromatic carbocycles. The van der Waals surface area contributed by atoms with Crippen molar-refractivity contribution in [2.24, 2.45) is 0 Å². The third kappa shape index (κ3) is 3.37. The van der Waals surface area contributed by atoms with Crippen LogP contribution in [0, 0.1) is 0 Å². The first-order chi connectivity index (χ1) is 5.83. The first-order valence-corrected chi connectivity index (χ1v) is 5.58. The standard InChI is InChI=1S/C9H12ClNS/c1-12-7-6-11-9-4-2-8(10)3-5-9/h2-5,11H,6-7H2,1H3. The Morgan fingerprint density at radius 3 is 2.58 bits per heavy atom. The van der Waals surface area contributed by atoms with Crippen LogP contribution in [0.2, 0.25) is 5.02 Å². The first-order valence-electron chi connectivity index (χ1n) is 3.81. The number of rotatable bonds is 4. The minimum absolute atomic E-state index is 0.783. The highest BCUT2D eigenvalue weighted by molar-refractivity contribution is 7.98. The van der Waals surface area contributed by atoms with Crippen LogP contribution in [-0.4, -0.2) is 18.6 Å². The molecule has 0 aliphatic heterocycles. The molecule has 0 atom stereocenters. The molecule has 0 amide bonds. The van der Waals surface area contributed by atoms with Gasteiger partial charge in [0.2, 0.25) is 0 Å². The Labute approximate surface area is 82.5 Å². The van der Waals surface area contributed by atoms with Gasteiger partial charge in [0.25, 0.3) is 0 Å². The Balaban J connectivity index is 2.37. The molecule has 12 heavy (non-hydrogen) atoms. The quantitative estimate of drug-likeness (QED) is 0.752. The largest absolute Gasteiger partial charge is 0.384 e. The monoisotopic (exact) mass is 201 g/mol. The number of anilines is 1. The van der Waals surface area contributed by atoms with E-state index in [1.165, 1.54) is 0 Å². The molecular formula is C9H12ClNS. The Kier molecular flexibility index (Phi) is 4.33. The predicted octanol–water partition coefficient (Wildman–Crippen LogP) is 3.11. The van der Waals surface area contributed by atoms with E-state index >= 15 is 0 Å². The zero-order valence-electron chi connectivity index (χ0n) is 7.01. The maximum absolute atomic E-state index is 5.74. The molecule has 1 N–H and O–H groups in total. The zero-order valence-corrected chi connectivity index (χ0v) is 8.58. The van der Waals surface area contributed by atoms with Gasteiger partial charge in [0.05, 0.1) is 0 Å². The van der Waals surface area contributed by atoms with E-state index in [-0.39, 0.29) is 0 Å². The summed E-state index contributed by atoms with van der Waals surface area (Å²) < 4.78 is 0. The van der Waals surface area contributed by atoms with Gasteiger partial charge in [-0.2, -0.15) is 11.8 Å². The second-order valence-electron chi connectivity index (χ2n) is 2.43. The van der Waals surface area contributed by atoms with E-state index in [0.717, 1.165) is 23.0 Å². The Hall–Kier alpha value is -0.340. The third-order valence-corrected chi connectivity index (χ3v) is 2.34. The maximum atomic E-state index is 5.74. The van der Waals surface area contributed by atoms with E-state index in [1.54, 1.807) is 0 Å². The number of hydrogen-bond acceptors (Lipinski definition) is 2. The molecule has 1 nitrogen and oxygen atoms in total. The lowest BCUT2D eigenvalue weighted by Gasteiger charge is -2.04. The van der Waals surface area contributed by atoms with Crippen molar-refractivity contribution in [2.45, 2.75) is 0 Å². The van der Waals surface area contributed by atoms with Crippen LogP contribution in [0.3, 0.4) is 0 Å². The number of benzene rings is 1. The van der Waals surface area contributed by atoms with Gasteiger partial charge in [-0.1, -0.05) is 11.6 Å². The van der Waals surface area contributed by atoms with Crippen LogP contribution in [-0.2, 0) is 0 Å². The molecule has 0 heterocycles. The summed E-state index contributed by atoms with van der Waals surface area (Å²) in [4.78, 5) is 0. The smallest absolute Gasteiger partial charge is 0.0407 e. The van der Waals surface area contributed by atoms with Crippen molar-refractivity contribution in [2.75, 3.05) is 23.9 Å². The van der Waals surface area contributed by atoms with Crippen molar-refractivity contribution in [3.05, 3.63) is 29.3 Å². The number of halogens is 1. The van der Waals surface area contributed by atoms with Gasteiger partial charge in [0, 0.05) is 23.0 Å². The Morgan fingerprint density at radius 1 is 1.33 bits per heavy atom. The first kappa shape index (κ1) is 9.75. The number of thioether (sulfide) groups is 1. The van der Waals surface area contributed by atoms with E-state index in [0.29, 0.717) is 0 Å². The fourth-order valence-electron chi connectivity index (χ4n) is 0.865. The summed E-state index contributed by atoms with van der Waals surface area (Å²) in [5, 5.41) is 4.08. The van der Waals surface area contributed by atoms with Crippen molar-refractivity contribution in [3.63, 3.8) is 0 Å². The van der Waals surface area contributed by atoms with Crippen molar-refractivity contribution in [1.29, 1.82) is 0 Å². The summed E-state index contributed by atoms with van der Waals surface area (Å²) in [5.41, 5.74) is 1.13. The number of hydrogen-bond donors (Lipinski definition) is 1. The lowest BCUT2D eigenvalue weighted by atomic mass is 10.3. The molecule has 0 aliphatic rings. The van der Waals surface area contributed by atoms with Gasteiger partial charge in [-0.15, -0.1) is 0 Å². The number of nitrogens with one attached hydrogen (secondary N) is 1. The summed E-state index contributed by atoms with van der Waals surface area (Å²) in [5.74, 6) is 1.13. The molecule has 0 unspecified atom stereocenters. The van der Waals surface area contributed by atoms with E-state index in [1.807, 2.05) is 36.0 Å². The van der Waals surface area contributed by atoms with E-state index in [9.17, 15) is 0 Å². The molecule has 66 valence electrons. The summed E-state index contributed by atoms with van der Waals surface area (Å²) in [6, 6.07) is 7.76. The van der Waals surface area contributed by atoms with E-state index in [4.69, 9.17) is 11.6 Å². The van der Waals surface area contributed by atoms with Gasteiger partial charge < -0.3 is 5.32 Å². The summed E-state index contributed by atoms with van der Waals surface area (Å²) >= 11 is 7.58. The fraction of sp³-hybridized carbons (Fsp3) is 0.333. The maximum Gasteiger partial charge on any atom is 0.0407 e. The van der Waals surface area contributed by atoms with Gasteiger partial charge in [0.1, 0.15) is 0 Å². The van der Waals surface area contributed by atoms with E-state index < -0.39 is 0 Å². The van der Waals surface area contributed by atoms with Crippen LogP contribution in [0.15, 0.2) is 24.3 Å². The summed E-state index contributed by atoms with van der Waals surface area (Å²) in [6.45, 7) is 1.00. The Bertz CT molecular complexity index is 222. The molecule has 0 saturated heterocycles. The molecule has 0 spiro atoms. The highest BCUT2D eigenvalue weighted by atomic mass is 35.5. The van der Waals surface area contributed by atoms with Gasteiger partial charge in [-0.3, -0.25) is 0 Å². The third-order valence-electron chi connectivity index (χ3n) is 1.48. The highest BCUT2D eigenvalue weighted by Gasteiger charge is 1.90. The second kappa shape index (κ2) is 5.33. The molecule has 0 fully saturated rings. The van der Waals surface area contributed by atoms with Crippen LogP contribution >= 0.6 is 23.4 Å². The second-order valence-corrected chi connectivity index (χ2v) is 3.85. The molecule has 0 bridgehead atoms. The average Bonchev–Trinajstić information content (AvgIpc) is 2.09. The van der Waals surface area contributed by atoms with Gasteiger partial charge in [-0.05, 0) is 30.5 Å². The Morgan fingerprint density at radius 2 is 2.00 bits per heavy atom. The lowest BCUT2D eigenvalue weighted by Crippen LogP contribution is -2.02. The summed E-state index contributed by atoms with van der Waals surface area (Å²) in [7, 11) is 0. The fourth-order valence-corrected chi connectivity index (χ4v) is 1.30. The topological polar surface area (TPSA) is 12.0 Å². The van der Waals surface area contributed by atoms with Crippen LogP contribution in [0.25, 0.3) is 0 Å². The molecular weight excluding hydrogens is 190 g/mol. The van der Waals surface area contributed by atoms with Gasteiger partial charge in [0.15, 0.2) is 0 Å². The van der Waals surface area contributed by atoms with Crippen LogP contribution in [0.5, 0.6) is 0 Å². The minimum Gasteiger partial charge on any atom is -0.384 e. The molecule has 1 rings (SSSR count). The van der Waals surface area contributed by atoms with Crippen LogP contribution in [0.1, 0.15) is 0 Å². The van der Waals surface area contributed by atoms with Crippen molar-refractivity contribution >= 4 is 29.1 Å². The van der Waals surface area contributed by atoms with Gasteiger partial charge >= 0.3 is 0 Å². The summed E-state index contributed by atoms with van der Waals surface area (Å²) in [6.07, 6.45) is 2.10. The van der Waals surface area contributed by atoms with Crippen molar-refractivity contribution in [3.8, 4) is 0 Å². The molecule has 1 aromatic rings. The SMILES string of the molecule is CSCCNc1ccc(Cl)cc1. The minimum atomic E-state index is 0.783. The van der Waals surface area contributed by atoms with E-state index in [2.05, 4.69) is 11.6 Å². The lowest BCUT2D eigenvalue weighted by molar-refractivity contribution is 1.23. The average molecular weight is 202 g/mol. The zero-order chi connectivity index (χ0) is 8.81. The molecule has 0 aliphatic carbocycles. The van der Waals surface area contributed by atoms with Crippen LogP contribution in [0.4, 0.5) is 5.69 Å².